The monoisotopic (exact) mass is 245 g/mol. The lowest BCUT2D eigenvalue weighted by atomic mass is 10.00. The molecule has 90 valence electrons. The van der Waals surface area contributed by atoms with Crippen molar-refractivity contribution in [2.75, 3.05) is 30.5 Å². The Hall–Kier alpha value is -0.810. The average molecular weight is 246 g/mol. The summed E-state index contributed by atoms with van der Waals surface area (Å²) in [5.41, 5.74) is 0. The molecule has 1 saturated heterocycles. The van der Waals surface area contributed by atoms with Crippen LogP contribution in [-0.4, -0.2) is 40.9 Å². The predicted octanol–water partition coefficient (Wildman–Crippen LogP) is 1.06. The van der Waals surface area contributed by atoms with Crippen LogP contribution in [0, 0.1) is 5.92 Å². The number of halogens is 1. The Morgan fingerprint density at radius 3 is 3.12 bits per heavy atom. The number of hydrogen-bond acceptors (Lipinski definition) is 5. The quantitative estimate of drug-likeness (QED) is 0.804. The second-order valence-corrected chi connectivity index (χ2v) is 4.43. The Labute approximate surface area is 99.4 Å². The lowest BCUT2D eigenvalue weighted by Crippen LogP contribution is -2.37. The van der Waals surface area contributed by atoms with E-state index in [1.807, 2.05) is 4.90 Å². The molecule has 0 amide bonds. The summed E-state index contributed by atoms with van der Waals surface area (Å²) in [5, 5.41) is 17.1. The highest BCUT2D eigenvalue weighted by atomic mass is 35.5. The van der Waals surface area contributed by atoms with Gasteiger partial charge in [0.2, 0.25) is 5.89 Å². The van der Waals surface area contributed by atoms with Crippen LogP contribution in [0.15, 0.2) is 4.42 Å². The first-order valence-electron chi connectivity index (χ1n) is 5.57. The van der Waals surface area contributed by atoms with Gasteiger partial charge in [-0.3, -0.25) is 0 Å². The molecule has 1 aliphatic heterocycles. The topological polar surface area (TPSA) is 62.4 Å². The van der Waals surface area contributed by atoms with Gasteiger partial charge in [0.05, 0.1) is 0 Å². The molecule has 1 fully saturated rings. The molecule has 1 aromatic rings. The van der Waals surface area contributed by atoms with Crippen molar-refractivity contribution in [3.63, 3.8) is 0 Å². The molecule has 0 aliphatic carbocycles. The summed E-state index contributed by atoms with van der Waals surface area (Å²) in [6, 6.07) is 0.554. The first-order chi connectivity index (χ1) is 7.83. The maximum atomic E-state index is 9.13. The van der Waals surface area contributed by atoms with Gasteiger partial charge in [0.1, 0.15) is 0 Å². The lowest BCUT2D eigenvalue weighted by Gasteiger charge is -2.30. The molecule has 0 spiro atoms. The molecule has 1 atom stereocenters. The van der Waals surface area contributed by atoms with E-state index in [9.17, 15) is 0 Å². The highest BCUT2D eigenvalue weighted by molar-refractivity contribution is 6.17. The van der Waals surface area contributed by atoms with Crippen molar-refractivity contribution in [2.45, 2.75) is 19.3 Å². The fraction of sp³-hybridized carbons (Fsp3) is 0.800. The highest BCUT2D eigenvalue weighted by Crippen LogP contribution is 2.21. The van der Waals surface area contributed by atoms with E-state index in [2.05, 4.69) is 10.2 Å². The minimum absolute atomic E-state index is 0.221. The summed E-state index contributed by atoms with van der Waals surface area (Å²) in [4.78, 5) is 2.04. The Bertz CT molecular complexity index is 332. The molecule has 6 heteroatoms. The van der Waals surface area contributed by atoms with Crippen LogP contribution in [-0.2, 0) is 6.42 Å². The molecule has 2 rings (SSSR count). The standard InChI is InChI=1S/C10H16ClN3O2/c11-4-3-9-12-13-10(16-9)14-5-1-2-8(6-14)7-15/h8,15H,1-7H2. The summed E-state index contributed by atoms with van der Waals surface area (Å²) < 4.78 is 5.49. The molecule has 1 unspecified atom stereocenters. The minimum Gasteiger partial charge on any atom is -0.408 e. The maximum absolute atomic E-state index is 9.13. The van der Waals surface area contributed by atoms with Gasteiger partial charge < -0.3 is 14.4 Å². The number of rotatable bonds is 4. The van der Waals surface area contributed by atoms with Gasteiger partial charge in [-0.1, -0.05) is 5.10 Å². The average Bonchev–Trinajstić information content (AvgIpc) is 2.78. The minimum atomic E-state index is 0.221. The second kappa shape index (κ2) is 5.50. The Balaban J connectivity index is 1.99. The summed E-state index contributed by atoms with van der Waals surface area (Å²) in [6.45, 7) is 1.93. The molecule has 1 N–H and O–H groups in total. The third-order valence-electron chi connectivity index (χ3n) is 2.81. The normalized spacial score (nSPS) is 21.4. The van der Waals surface area contributed by atoms with Crippen LogP contribution in [0.25, 0.3) is 0 Å². The van der Waals surface area contributed by atoms with E-state index in [1.54, 1.807) is 0 Å². The van der Waals surface area contributed by atoms with Gasteiger partial charge in [-0.05, 0) is 18.8 Å². The first kappa shape index (κ1) is 11.7. The van der Waals surface area contributed by atoms with Crippen molar-refractivity contribution in [1.29, 1.82) is 0 Å². The smallest absolute Gasteiger partial charge is 0.318 e. The van der Waals surface area contributed by atoms with Crippen molar-refractivity contribution in [2.24, 2.45) is 5.92 Å². The van der Waals surface area contributed by atoms with E-state index in [4.69, 9.17) is 21.1 Å². The molecule has 5 nitrogen and oxygen atoms in total. The van der Waals surface area contributed by atoms with Gasteiger partial charge in [-0.25, -0.2) is 0 Å². The Morgan fingerprint density at radius 2 is 2.38 bits per heavy atom. The SMILES string of the molecule is OCC1CCCN(c2nnc(CCCl)o2)C1. The Morgan fingerprint density at radius 1 is 1.50 bits per heavy atom. The number of aromatic nitrogens is 2. The van der Waals surface area contributed by atoms with Crippen molar-refractivity contribution in [3.8, 4) is 0 Å². The van der Waals surface area contributed by atoms with Crippen molar-refractivity contribution in [3.05, 3.63) is 5.89 Å². The zero-order chi connectivity index (χ0) is 11.4. The van der Waals surface area contributed by atoms with Crippen LogP contribution >= 0.6 is 11.6 Å². The lowest BCUT2D eigenvalue weighted by molar-refractivity contribution is 0.206. The van der Waals surface area contributed by atoms with Crippen LogP contribution in [0.2, 0.25) is 0 Å². The van der Waals surface area contributed by atoms with Crippen LogP contribution in [0.1, 0.15) is 18.7 Å². The third-order valence-corrected chi connectivity index (χ3v) is 3.00. The summed E-state index contributed by atoms with van der Waals surface area (Å²) in [7, 11) is 0. The van der Waals surface area contributed by atoms with E-state index in [1.165, 1.54) is 0 Å². The van der Waals surface area contributed by atoms with Crippen LogP contribution in [0.4, 0.5) is 6.01 Å². The van der Waals surface area contributed by atoms with Crippen molar-refractivity contribution < 1.29 is 9.52 Å². The number of aliphatic hydroxyl groups excluding tert-OH is 1. The molecule has 1 aliphatic rings. The first-order valence-corrected chi connectivity index (χ1v) is 6.11. The summed E-state index contributed by atoms with van der Waals surface area (Å²) in [5.74, 6) is 1.38. The largest absolute Gasteiger partial charge is 0.408 e. The van der Waals surface area contributed by atoms with Crippen molar-refractivity contribution in [1.82, 2.24) is 10.2 Å². The number of anilines is 1. The third kappa shape index (κ3) is 2.65. The number of alkyl halides is 1. The van der Waals surface area contributed by atoms with Crippen LogP contribution in [0.5, 0.6) is 0 Å². The van der Waals surface area contributed by atoms with Gasteiger partial charge in [-0.15, -0.1) is 16.7 Å². The van der Waals surface area contributed by atoms with Gasteiger partial charge in [0.15, 0.2) is 0 Å². The zero-order valence-electron chi connectivity index (χ0n) is 9.10. The fourth-order valence-electron chi connectivity index (χ4n) is 1.94. The molecule has 0 radical (unpaired) electrons. The number of hydrogen-bond donors (Lipinski definition) is 1. The molecule has 2 heterocycles. The number of aliphatic hydroxyl groups is 1. The molecular weight excluding hydrogens is 230 g/mol. The van der Waals surface area contributed by atoms with Gasteiger partial charge >= 0.3 is 6.01 Å². The van der Waals surface area contributed by atoms with Crippen molar-refractivity contribution >= 4 is 17.6 Å². The van der Waals surface area contributed by atoms with E-state index in [0.29, 0.717) is 30.1 Å². The molecule has 0 saturated carbocycles. The maximum Gasteiger partial charge on any atom is 0.318 e. The van der Waals surface area contributed by atoms with E-state index < -0.39 is 0 Å². The zero-order valence-corrected chi connectivity index (χ0v) is 9.86. The highest BCUT2D eigenvalue weighted by Gasteiger charge is 2.23. The van der Waals surface area contributed by atoms with E-state index in [0.717, 1.165) is 25.9 Å². The van der Waals surface area contributed by atoms with Gasteiger partial charge in [-0.2, -0.15) is 0 Å². The van der Waals surface area contributed by atoms with Gasteiger partial charge in [0.25, 0.3) is 0 Å². The summed E-state index contributed by atoms with van der Waals surface area (Å²) >= 11 is 5.60. The Kier molecular flexibility index (Phi) is 4.01. The predicted molar refractivity (Wildman–Crippen MR) is 60.7 cm³/mol. The molecule has 0 bridgehead atoms. The second-order valence-electron chi connectivity index (χ2n) is 4.05. The number of piperidine rings is 1. The number of nitrogens with zero attached hydrogens (tertiary/aromatic N) is 3. The van der Waals surface area contributed by atoms with Gasteiger partial charge in [0, 0.05) is 32.0 Å². The molecule has 1 aromatic heterocycles. The molecule has 0 aromatic carbocycles. The molecular formula is C10H16ClN3O2. The number of aryl methyl sites for hydroxylation is 1. The molecule has 16 heavy (non-hydrogen) atoms. The van der Waals surface area contributed by atoms with E-state index >= 15 is 0 Å². The fourth-order valence-corrected chi connectivity index (χ4v) is 2.10. The van der Waals surface area contributed by atoms with E-state index in [-0.39, 0.29) is 6.61 Å². The van der Waals surface area contributed by atoms with Crippen LogP contribution in [0.3, 0.4) is 0 Å². The summed E-state index contributed by atoms with van der Waals surface area (Å²) in [6.07, 6.45) is 2.72. The van der Waals surface area contributed by atoms with Crippen LogP contribution < -0.4 is 4.90 Å².